The molecule has 3 heterocycles. The number of rotatable bonds is 0. The summed E-state index contributed by atoms with van der Waals surface area (Å²) in [5.41, 5.74) is 0.508. The second-order valence-electron chi connectivity index (χ2n) is 2.85. The van der Waals surface area contributed by atoms with Crippen molar-refractivity contribution in [1.82, 2.24) is 35.1 Å². The van der Waals surface area contributed by atoms with Gasteiger partial charge in [-0.3, -0.25) is 9.78 Å². The molecule has 0 amide bonds. The molecular weight excluding hydrogens is 226 g/mol. The minimum absolute atomic E-state index is 0.492. The van der Waals surface area contributed by atoms with Crippen molar-refractivity contribution >= 4 is 11.2 Å². The van der Waals surface area contributed by atoms with Gasteiger partial charge in [0.15, 0.2) is 5.65 Å². The topological polar surface area (TPSA) is 133 Å². The summed E-state index contributed by atoms with van der Waals surface area (Å²) >= 11 is 0. The van der Waals surface area contributed by atoms with Crippen LogP contribution >= 0.6 is 0 Å². The van der Waals surface area contributed by atoms with Gasteiger partial charge in [0.05, 0.1) is 12.5 Å². The molecule has 0 bridgehead atoms. The summed E-state index contributed by atoms with van der Waals surface area (Å²) in [5, 5.41) is 5.21. The summed E-state index contributed by atoms with van der Waals surface area (Å²) in [6.45, 7) is 0. The average molecular weight is 233 g/mol. The monoisotopic (exact) mass is 233 g/mol. The zero-order valence-corrected chi connectivity index (χ0v) is 8.41. The van der Waals surface area contributed by atoms with E-state index in [9.17, 15) is 9.59 Å². The normalized spacial score (nSPS) is 9.65. The molecule has 3 aromatic rings. The maximum atomic E-state index is 10.2. The lowest BCUT2D eigenvalue weighted by molar-refractivity contribution is 0.890. The molecule has 0 spiro atoms. The van der Waals surface area contributed by atoms with Crippen molar-refractivity contribution in [3.63, 3.8) is 0 Å². The molecule has 0 radical (unpaired) electrons. The van der Waals surface area contributed by atoms with E-state index in [1.165, 1.54) is 6.33 Å². The van der Waals surface area contributed by atoms with Gasteiger partial charge in [0.2, 0.25) is 0 Å². The van der Waals surface area contributed by atoms with Gasteiger partial charge in [-0.1, -0.05) is 0 Å². The van der Waals surface area contributed by atoms with Crippen LogP contribution in [0.15, 0.2) is 34.6 Å². The molecule has 17 heavy (non-hydrogen) atoms. The lowest BCUT2D eigenvalue weighted by atomic mass is 10.6. The maximum Gasteiger partial charge on any atom is 0.342 e. The van der Waals surface area contributed by atoms with Crippen LogP contribution in [-0.4, -0.2) is 35.1 Å². The molecule has 3 rings (SSSR count). The van der Waals surface area contributed by atoms with Crippen molar-refractivity contribution in [3.8, 4) is 0 Å². The fourth-order valence-corrected chi connectivity index (χ4v) is 1.01. The van der Waals surface area contributed by atoms with Crippen LogP contribution in [0.4, 0.5) is 0 Å². The molecule has 0 aliphatic heterocycles. The highest BCUT2D eigenvalue weighted by Gasteiger charge is 1.91. The minimum Gasteiger partial charge on any atom is -0.342 e. The Hall–Kier alpha value is -2.84. The molecule has 3 aromatic heterocycles. The molecule has 0 unspecified atom stereocenters. The number of nitrogens with zero attached hydrogens (tertiary/aromatic N) is 4. The van der Waals surface area contributed by atoms with E-state index in [0.717, 1.165) is 11.7 Å². The van der Waals surface area contributed by atoms with Gasteiger partial charge in [-0.2, -0.15) is 5.10 Å². The molecule has 9 heteroatoms. The third-order valence-corrected chi connectivity index (χ3v) is 1.68. The summed E-state index contributed by atoms with van der Waals surface area (Å²) in [4.78, 5) is 36.7. The van der Waals surface area contributed by atoms with E-state index >= 15 is 0 Å². The molecule has 0 saturated heterocycles. The number of imidazole rings is 1. The van der Waals surface area contributed by atoms with Gasteiger partial charge in [0.1, 0.15) is 18.0 Å². The Morgan fingerprint density at radius 2 is 2.00 bits per heavy atom. The van der Waals surface area contributed by atoms with E-state index < -0.39 is 11.2 Å². The van der Waals surface area contributed by atoms with Gasteiger partial charge in [-0.25, -0.2) is 24.8 Å². The standard InChI is InChI=1S/C5H4N4.C3H3N3O2/c1-4-5(8-2-6-1)9-3-7-4;7-2-1-4-6-3(8)5-2/h1-3H,(H,6,7,8,9);1H,(H2,5,6,7,8). The van der Waals surface area contributed by atoms with E-state index in [1.54, 1.807) is 12.5 Å². The summed E-state index contributed by atoms with van der Waals surface area (Å²) < 4.78 is 0. The number of nitrogens with one attached hydrogen (secondary N) is 3. The quantitative estimate of drug-likeness (QED) is 0.447. The molecule has 3 N–H and O–H groups in total. The first-order valence-corrected chi connectivity index (χ1v) is 4.49. The highest BCUT2D eigenvalue weighted by molar-refractivity contribution is 5.67. The SMILES string of the molecule is O=c1cn[nH]c(=O)[nH]1.c1ncc2[nH]cnc2n1. The summed E-state index contributed by atoms with van der Waals surface area (Å²) in [6, 6.07) is 0. The second kappa shape index (κ2) is 4.79. The molecule has 9 nitrogen and oxygen atoms in total. The number of H-pyrrole nitrogens is 3. The van der Waals surface area contributed by atoms with E-state index in [-0.39, 0.29) is 0 Å². The summed E-state index contributed by atoms with van der Waals surface area (Å²) in [7, 11) is 0. The Morgan fingerprint density at radius 3 is 2.65 bits per heavy atom. The van der Waals surface area contributed by atoms with Crippen LogP contribution in [0.25, 0.3) is 11.2 Å². The minimum atomic E-state index is -0.586. The molecule has 0 aliphatic carbocycles. The molecule has 0 fully saturated rings. The summed E-state index contributed by atoms with van der Waals surface area (Å²) in [6.07, 6.45) is 5.75. The van der Waals surface area contributed by atoms with Crippen LogP contribution in [0, 0.1) is 0 Å². The average Bonchev–Trinajstić information content (AvgIpc) is 2.77. The molecule has 0 atom stereocenters. The Morgan fingerprint density at radius 1 is 1.12 bits per heavy atom. The maximum absolute atomic E-state index is 10.2. The zero-order valence-electron chi connectivity index (χ0n) is 8.41. The van der Waals surface area contributed by atoms with Crippen molar-refractivity contribution in [2.24, 2.45) is 0 Å². The van der Waals surface area contributed by atoms with Crippen molar-refractivity contribution in [3.05, 3.63) is 45.9 Å². The van der Waals surface area contributed by atoms with Crippen molar-refractivity contribution in [2.75, 3.05) is 0 Å². The molecule has 0 saturated carbocycles. The molecule has 0 aromatic carbocycles. The highest BCUT2D eigenvalue weighted by atomic mass is 16.2. The van der Waals surface area contributed by atoms with Gasteiger partial charge < -0.3 is 4.98 Å². The fourth-order valence-electron chi connectivity index (χ4n) is 1.01. The fraction of sp³-hybridized carbons (Fsp3) is 0. The van der Waals surface area contributed by atoms with E-state index in [0.29, 0.717) is 5.65 Å². The van der Waals surface area contributed by atoms with Crippen molar-refractivity contribution in [1.29, 1.82) is 0 Å². The van der Waals surface area contributed by atoms with E-state index in [4.69, 9.17) is 0 Å². The zero-order chi connectivity index (χ0) is 12.1. The van der Waals surface area contributed by atoms with E-state index in [1.807, 2.05) is 10.1 Å². The number of hydrogen-bond acceptors (Lipinski definition) is 6. The van der Waals surface area contributed by atoms with Crippen LogP contribution in [0.5, 0.6) is 0 Å². The number of fused-ring (bicyclic) bond motifs is 1. The lowest BCUT2D eigenvalue weighted by Crippen LogP contribution is -2.21. The lowest BCUT2D eigenvalue weighted by Gasteiger charge is -1.80. The van der Waals surface area contributed by atoms with Gasteiger partial charge >= 0.3 is 5.69 Å². The first-order chi connectivity index (χ1) is 8.25. The Kier molecular flexibility index (Phi) is 3.01. The smallest absolute Gasteiger partial charge is 0.342 e. The number of hydrogen-bond donors (Lipinski definition) is 3. The second-order valence-corrected chi connectivity index (χ2v) is 2.85. The first-order valence-electron chi connectivity index (χ1n) is 4.49. The van der Waals surface area contributed by atoms with Crippen LogP contribution in [0.2, 0.25) is 0 Å². The molecule has 0 aliphatic rings. The Labute approximate surface area is 93.0 Å². The first kappa shape index (κ1) is 10.7. The van der Waals surface area contributed by atoms with Crippen LogP contribution in [-0.2, 0) is 0 Å². The highest BCUT2D eigenvalue weighted by Crippen LogP contribution is 1.99. The van der Waals surface area contributed by atoms with Crippen LogP contribution in [0.3, 0.4) is 0 Å². The number of aromatic amines is 3. The van der Waals surface area contributed by atoms with Gasteiger partial charge in [0.25, 0.3) is 5.56 Å². The largest absolute Gasteiger partial charge is 0.342 e. The third kappa shape index (κ3) is 2.81. The Bertz CT molecular complexity index is 657. The van der Waals surface area contributed by atoms with Crippen LogP contribution in [0.1, 0.15) is 0 Å². The summed E-state index contributed by atoms with van der Waals surface area (Å²) in [5.74, 6) is 0. The number of aromatic nitrogens is 7. The van der Waals surface area contributed by atoms with Crippen molar-refractivity contribution in [2.45, 2.75) is 0 Å². The third-order valence-electron chi connectivity index (χ3n) is 1.68. The Balaban J connectivity index is 0.000000128. The van der Waals surface area contributed by atoms with Crippen molar-refractivity contribution < 1.29 is 0 Å². The van der Waals surface area contributed by atoms with Gasteiger partial charge in [-0.15, -0.1) is 0 Å². The predicted octanol–water partition coefficient (Wildman–Crippen LogP) is -1.19. The van der Waals surface area contributed by atoms with Crippen LogP contribution < -0.4 is 11.2 Å². The molecule has 86 valence electrons. The molecular formula is C8H7N7O2. The van der Waals surface area contributed by atoms with Gasteiger partial charge in [-0.05, 0) is 0 Å². The van der Waals surface area contributed by atoms with Gasteiger partial charge in [0, 0.05) is 0 Å². The van der Waals surface area contributed by atoms with E-state index in [2.05, 4.69) is 25.0 Å². The predicted molar refractivity (Wildman–Crippen MR) is 57.2 cm³/mol.